The maximum absolute atomic E-state index is 13.5. The summed E-state index contributed by atoms with van der Waals surface area (Å²) in [6, 6.07) is 10.9. The van der Waals surface area contributed by atoms with Crippen LogP contribution in [0.25, 0.3) is 11.0 Å². The third-order valence-corrected chi connectivity index (χ3v) is 5.69. The zero-order chi connectivity index (χ0) is 22.7. The molecule has 0 aliphatic carbocycles. The molecular weight excluding hydrogens is 440 g/mol. The number of hydrogen-bond acceptors (Lipinski definition) is 6. The van der Waals surface area contributed by atoms with Crippen LogP contribution in [0.1, 0.15) is 53.1 Å². The monoisotopic (exact) mass is 468 g/mol. The number of carbonyl (C=O) groups is 2. The average molecular weight is 469 g/mol. The maximum Gasteiger partial charge on any atom is 0.338 e. The summed E-state index contributed by atoms with van der Waals surface area (Å²) in [4.78, 5) is 36.6. The van der Waals surface area contributed by atoms with E-state index in [0.717, 1.165) is 37.0 Å². The Bertz CT molecular complexity index is 1170. The molecule has 1 fully saturated rings. The molecule has 1 amide bonds. The Kier molecular flexibility index (Phi) is 7.87. The van der Waals surface area contributed by atoms with Crippen molar-refractivity contribution in [1.29, 1.82) is 0 Å². The SMILES string of the molecule is CCOC(=O)c1cccc(Nc2c(C(=O)N3CCCC(C)C3)cnc3nc(C)ccc23)c1.Cl. The number of hydrogen-bond donors (Lipinski definition) is 1. The smallest absolute Gasteiger partial charge is 0.338 e. The molecule has 0 spiro atoms. The van der Waals surface area contributed by atoms with Crippen LogP contribution < -0.4 is 5.32 Å². The van der Waals surface area contributed by atoms with Gasteiger partial charge in [0.15, 0.2) is 5.65 Å². The lowest BCUT2D eigenvalue weighted by Crippen LogP contribution is -2.39. The van der Waals surface area contributed by atoms with Crippen molar-refractivity contribution in [3.63, 3.8) is 0 Å². The number of ether oxygens (including phenoxy) is 1. The third-order valence-electron chi connectivity index (χ3n) is 5.69. The van der Waals surface area contributed by atoms with E-state index in [-0.39, 0.29) is 24.3 Å². The van der Waals surface area contributed by atoms with Crippen LogP contribution in [0.15, 0.2) is 42.6 Å². The number of halogens is 1. The quantitative estimate of drug-likeness (QED) is 0.521. The number of aryl methyl sites for hydroxylation is 1. The number of aromatic nitrogens is 2. The Hall–Kier alpha value is -3.19. The summed E-state index contributed by atoms with van der Waals surface area (Å²) in [7, 11) is 0. The summed E-state index contributed by atoms with van der Waals surface area (Å²) in [5.74, 6) is 0.0466. The second-order valence-electron chi connectivity index (χ2n) is 8.30. The number of amides is 1. The molecule has 1 saturated heterocycles. The molecule has 1 unspecified atom stereocenters. The molecule has 1 atom stereocenters. The standard InChI is InChI=1S/C25H28N4O3.ClH/c1-4-32-25(31)18-8-5-9-19(13-18)28-22-20-11-10-17(3)27-23(20)26-14-21(22)24(30)29-12-6-7-16(2)15-29;/h5,8-11,13-14,16H,4,6-7,12,15H2,1-3H3,(H,26,27,28);1H. The van der Waals surface area contributed by atoms with Gasteiger partial charge in [0.25, 0.3) is 5.91 Å². The van der Waals surface area contributed by atoms with E-state index in [1.807, 2.05) is 30.0 Å². The average Bonchev–Trinajstić information content (AvgIpc) is 2.79. The van der Waals surface area contributed by atoms with Gasteiger partial charge in [-0.1, -0.05) is 13.0 Å². The zero-order valence-corrected chi connectivity index (χ0v) is 19.9. The molecule has 0 radical (unpaired) electrons. The van der Waals surface area contributed by atoms with Crippen LogP contribution in [-0.4, -0.2) is 46.4 Å². The predicted molar refractivity (Wildman–Crippen MR) is 132 cm³/mol. The van der Waals surface area contributed by atoms with Crippen LogP contribution in [-0.2, 0) is 4.74 Å². The van der Waals surface area contributed by atoms with Crippen molar-refractivity contribution in [2.24, 2.45) is 5.92 Å². The highest BCUT2D eigenvalue weighted by Crippen LogP contribution is 2.31. The van der Waals surface area contributed by atoms with Gasteiger partial charge in [-0.15, -0.1) is 12.4 Å². The number of esters is 1. The molecule has 1 aliphatic rings. The Morgan fingerprint density at radius 1 is 1.24 bits per heavy atom. The summed E-state index contributed by atoms with van der Waals surface area (Å²) in [5.41, 5.74) is 3.69. The first-order valence-electron chi connectivity index (χ1n) is 11.1. The molecule has 33 heavy (non-hydrogen) atoms. The van der Waals surface area contributed by atoms with Crippen molar-refractivity contribution >= 4 is 46.7 Å². The number of fused-ring (bicyclic) bond motifs is 1. The van der Waals surface area contributed by atoms with Gasteiger partial charge in [0, 0.05) is 36.1 Å². The van der Waals surface area contributed by atoms with Gasteiger partial charge in [0.05, 0.1) is 23.4 Å². The molecule has 0 saturated carbocycles. The topological polar surface area (TPSA) is 84.4 Å². The van der Waals surface area contributed by atoms with E-state index in [1.54, 1.807) is 31.3 Å². The van der Waals surface area contributed by atoms with Crippen molar-refractivity contribution in [3.8, 4) is 0 Å². The minimum Gasteiger partial charge on any atom is -0.462 e. The molecule has 1 aromatic carbocycles. The second-order valence-corrected chi connectivity index (χ2v) is 8.30. The number of piperidine rings is 1. The largest absolute Gasteiger partial charge is 0.462 e. The van der Waals surface area contributed by atoms with Crippen molar-refractivity contribution in [2.45, 2.75) is 33.6 Å². The summed E-state index contributed by atoms with van der Waals surface area (Å²) in [6.07, 6.45) is 3.74. The molecule has 3 heterocycles. The lowest BCUT2D eigenvalue weighted by molar-refractivity contribution is 0.0526. The van der Waals surface area contributed by atoms with Crippen molar-refractivity contribution in [1.82, 2.24) is 14.9 Å². The summed E-state index contributed by atoms with van der Waals surface area (Å²) in [6.45, 7) is 7.64. The fourth-order valence-corrected chi connectivity index (χ4v) is 4.10. The van der Waals surface area contributed by atoms with Crippen LogP contribution in [0.2, 0.25) is 0 Å². The van der Waals surface area contributed by atoms with Gasteiger partial charge in [-0.05, 0) is 62.9 Å². The number of likely N-dealkylation sites (tertiary alicyclic amines) is 1. The van der Waals surface area contributed by atoms with Crippen LogP contribution in [0, 0.1) is 12.8 Å². The van der Waals surface area contributed by atoms with E-state index in [0.29, 0.717) is 40.7 Å². The fraction of sp³-hybridized carbons (Fsp3) is 0.360. The summed E-state index contributed by atoms with van der Waals surface area (Å²) >= 11 is 0. The molecule has 1 N–H and O–H groups in total. The Morgan fingerprint density at radius 2 is 2.06 bits per heavy atom. The van der Waals surface area contributed by atoms with Gasteiger partial charge in [0.1, 0.15) is 0 Å². The molecule has 3 aromatic rings. The first-order chi connectivity index (χ1) is 15.5. The highest BCUT2D eigenvalue weighted by Gasteiger charge is 2.25. The lowest BCUT2D eigenvalue weighted by Gasteiger charge is -2.31. The van der Waals surface area contributed by atoms with Crippen LogP contribution in [0.3, 0.4) is 0 Å². The van der Waals surface area contributed by atoms with E-state index in [9.17, 15) is 9.59 Å². The Balaban J connectivity index is 0.00000306. The normalized spacial score (nSPS) is 15.6. The van der Waals surface area contributed by atoms with Crippen LogP contribution in [0.5, 0.6) is 0 Å². The van der Waals surface area contributed by atoms with Gasteiger partial charge in [-0.25, -0.2) is 14.8 Å². The van der Waals surface area contributed by atoms with E-state index in [4.69, 9.17) is 4.74 Å². The highest BCUT2D eigenvalue weighted by atomic mass is 35.5. The van der Waals surface area contributed by atoms with Crippen LogP contribution >= 0.6 is 12.4 Å². The minimum atomic E-state index is -0.383. The molecule has 8 heteroatoms. The van der Waals surface area contributed by atoms with E-state index in [1.165, 1.54) is 0 Å². The molecular formula is C25H29ClN4O3. The number of rotatable bonds is 5. The lowest BCUT2D eigenvalue weighted by atomic mass is 9.99. The molecule has 174 valence electrons. The minimum absolute atomic E-state index is 0. The Labute approximate surface area is 200 Å². The third kappa shape index (κ3) is 5.42. The van der Waals surface area contributed by atoms with Crippen molar-refractivity contribution < 1.29 is 14.3 Å². The number of nitrogens with one attached hydrogen (secondary N) is 1. The maximum atomic E-state index is 13.5. The number of anilines is 2. The predicted octanol–water partition coefficient (Wildman–Crippen LogP) is 5.15. The van der Waals surface area contributed by atoms with Gasteiger partial charge in [-0.3, -0.25) is 4.79 Å². The van der Waals surface area contributed by atoms with Gasteiger partial charge in [-0.2, -0.15) is 0 Å². The number of pyridine rings is 2. The van der Waals surface area contributed by atoms with Gasteiger partial charge in [0.2, 0.25) is 0 Å². The highest BCUT2D eigenvalue weighted by molar-refractivity contribution is 6.07. The number of nitrogens with zero attached hydrogens (tertiary/aromatic N) is 3. The zero-order valence-electron chi connectivity index (χ0n) is 19.1. The second kappa shape index (κ2) is 10.6. The summed E-state index contributed by atoms with van der Waals surface area (Å²) < 4.78 is 5.12. The number of benzene rings is 1. The first-order valence-corrected chi connectivity index (χ1v) is 11.1. The molecule has 4 rings (SSSR count). The first kappa shape index (κ1) is 24.5. The number of carbonyl (C=O) groups excluding carboxylic acids is 2. The van der Waals surface area contributed by atoms with E-state index >= 15 is 0 Å². The molecule has 7 nitrogen and oxygen atoms in total. The van der Waals surface area contributed by atoms with Gasteiger partial charge < -0.3 is 15.0 Å². The molecule has 1 aliphatic heterocycles. The van der Waals surface area contributed by atoms with E-state index < -0.39 is 0 Å². The summed E-state index contributed by atoms with van der Waals surface area (Å²) in [5, 5.41) is 4.13. The van der Waals surface area contributed by atoms with Crippen molar-refractivity contribution in [3.05, 3.63) is 59.4 Å². The van der Waals surface area contributed by atoms with Crippen molar-refractivity contribution in [2.75, 3.05) is 25.0 Å². The molecule has 2 aromatic heterocycles. The van der Waals surface area contributed by atoms with E-state index in [2.05, 4.69) is 22.2 Å². The molecule has 0 bridgehead atoms. The Morgan fingerprint density at radius 3 is 2.82 bits per heavy atom. The van der Waals surface area contributed by atoms with Gasteiger partial charge >= 0.3 is 5.97 Å². The fourth-order valence-electron chi connectivity index (χ4n) is 4.10. The van der Waals surface area contributed by atoms with Crippen LogP contribution in [0.4, 0.5) is 11.4 Å².